The minimum absolute atomic E-state index is 0.00463. The molecule has 0 bridgehead atoms. The first kappa shape index (κ1) is 26.7. The largest absolute Gasteiger partial charge is 0.493 e. The van der Waals surface area contributed by atoms with E-state index in [1.165, 1.54) is 39.5 Å². The average Bonchev–Trinajstić information content (AvgIpc) is 3.24. The van der Waals surface area contributed by atoms with Gasteiger partial charge in [-0.1, -0.05) is 39.7 Å². The summed E-state index contributed by atoms with van der Waals surface area (Å²) in [6.07, 6.45) is 1.46. The molecule has 3 aromatic rings. The lowest BCUT2D eigenvalue weighted by Crippen LogP contribution is -2.11. The molecule has 0 atom stereocenters. The second kappa shape index (κ2) is 11.4. The van der Waals surface area contributed by atoms with Gasteiger partial charge in [0, 0.05) is 10.0 Å². The van der Waals surface area contributed by atoms with Crippen LogP contribution in [0.25, 0.3) is 6.08 Å². The molecule has 0 aliphatic carbocycles. The summed E-state index contributed by atoms with van der Waals surface area (Å²) >= 11 is 13.1. The molecule has 0 N–H and O–H groups in total. The van der Waals surface area contributed by atoms with Crippen LogP contribution in [0.5, 0.6) is 23.0 Å². The highest BCUT2D eigenvalue weighted by atomic mass is 79.9. The predicted molar refractivity (Wildman–Crippen MR) is 145 cm³/mol. The molecule has 0 fully saturated rings. The van der Waals surface area contributed by atoms with Crippen molar-refractivity contribution in [1.29, 1.82) is 0 Å². The van der Waals surface area contributed by atoms with Crippen molar-refractivity contribution < 1.29 is 33.3 Å². The number of halogens is 3. The van der Waals surface area contributed by atoms with Gasteiger partial charge in [-0.25, -0.2) is 14.6 Å². The number of nitrogens with zero attached hydrogens (tertiary/aromatic N) is 1. The van der Waals surface area contributed by atoms with Crippen molar-refractivity contribution in [2.75, 3.05) is 21.3 Å². The van der Waals surface area contributed by atoms with Crippen molar-refractivity contribution in [1.82, 2.24) is 0 Å². The Morgan fingerprint density at radius 3 is 2.27 bits per heavy atom. The second-order valence-electron chi connectivity index (χ2n) is 7.43. The fourth-order valence-electron chi connectivity index (χ4n) is 3.45. The van der Waals surface area contributed by atoms with Gasteiger partial charge in [0.25, 0.3) is 0 Å². The summed E-state index contributed by atoms with van der Waals surface area (Å²) in [6.45, 7) is 0. The Morgan fingerprint density at radius 2 is 1.65 bits per heavy atom. The van der Waals surface area contributed by atoms with Gasteiger partial charge < -0.3 is 23.7 Å². The number of hydrogen-bond donors (Lipinski definition) is 0. The van der Waals surface area contributed by atoms with Crippen molar-refractivity contribution in [3.05, 3.63) is 84.9 Å². The maximum Gasteiger partial charge on any atom is 0.363 e. The van der Waals surface area contributed by atoms with Gasteiger partial charge in [-0.2, -0.15) is 0 Å². The molecular weight excluding hydrogens is 634 g/mol. The summed E-state index contributed by atoms with van der Waals surface area (Å²) in [5.74, 6) is -0.217. The molecule has 1 aliphatic rings. The third-order valence-electron chi connectivity index (χ3n) is 5.15. The smallest absolute Gasteiger partial charge is 0.363 e. The first-order valence-electron chi connectivity index (χ1n) is 10.5. The summed E-state index contributed by atoms with van der Waals surface area (Å²) in [4.78, 5) is 30.0. The SMILES string of the molecule is COc1cc(C(=O)Oc2c(Br)cc(Br)cc2/C=C2\N=C(c3ccccc3Cl)OC2=O)cc(OC)c1OC. The number of cyclic esters (lactones) is 1. The van der Waals surface area contributed by atoms with Gasteiger partial charge in [0.15, 0.2) is 22.9 Å². The van der Waals surface area contributed by atoms with Gasteiger partial charge >= 0.3 is 11.9 Å². The molecule has 4 rings (SSSR count). The Balaban J connectivity index is 1.73. The first-order chi connectivity index (χ1) is 17.7. The van der Waals surface area contributed by atoms with E-state index < -0.39 is 11.9 Å². The third kappa shape index (κ3) is 5.66. The van der Waals surface area contributed by atoms with Crippen LogP contribution in [0.2, 0.25) is 5.02 Å². The predicted octanol–water partition coefficient (Wildman–Crippen LogP) is 6.45. The van der Waals surface area contributed by atoms with E-state index >= 15 is 0 Å². The van der Waals surface area contributed by atoms with Crippen molar-refractivity contribution in [2.45, 2.75) is 0 Å². The van der Waals surface area contributed by atoms with Crippen molar-refractivity contribution >= 4 is 67.4 Å². The molecule has 3 aromatic carbocycles. The minimum atomic E-state index is -0.698. The van der Waals surface area contributed by atoms with E-state index in [0.29, 0.717) is 42.3 Å². The van der Waals surface area contributed by atoms with Crippen LogP contribution in [-0.4, -0.2) is 39.2 Å². The summed E-state index contributed by atoms with van der Waals surface area (Å²) in [5.41, 5.74) is 1.02. The Bertz CT molecular complexity index is 1440. The zero-order valence-electron chi connectivity index (χ0n) is 19.6. The highest BCUT2D eigenvalue weighted by Gasteiger charge is 2.27. The normalized spacial score (nSPS) is 13.7. The molecule has 190 valence electrons. The van der Waals surface area contributed by atoms with E-state index in [1.54, 1.807) is 36.4 Å². The number of benzene rings is 3. The Kier molecular flexibility index (Phi) is 8.21. The highest BCUT2D eigenvalue weighted by molar-refractivity contribution is 9.11. The van der Waals surface area contributed by atoms with E-state index in [4.69, 9.17) is 35.3 Å². The first-order valence-corrected chi connectivity index (χ1v) is 12.5. The number of methoxy groups -OCH3 is 3. The third-order valence-corrected chi connectivity index (χ3v) is 6.53. The quantitative estimate of drug-likeness (QED) is 0.165. The summed E-state index contributed by atoms with van der Waals surface area (Å²) in [7, 11) is 4.35. The number of hydrogen-bond acceptors (Lipinski definition) is 8. The fraction of sp³-hybridized carbons (Fsp3) is 0.115. The Hall–Kier alpha value is -3.34. The van der Waals surface area contributed by atoms with Crippen LogP contribution in [-0.2, 0) is 9.53 Å². The molecule has 0 aromatic heterocycles. The minimum Gasteiger partial charge on any atom is -0.493 e. The molecule has 1 heterocycles. The van der Waals surface area contributed by atoms with E-state index in [1.807, 2.05) is 0 Å². The molecule has 37 heavy (non-hydrogen) atoms. The van der Waals surface area contributed by atoms with Crippen LogP contribution in [0.1, 0.15) is 21.5 Å². The molecule has 11 heteroatoms. The highest BCUT2D eigenvalue weighted by Crippen LogP contribution is 2.40. The Morgan fingerprint density at radius 1 is 0.973 bits per heavy atom. The van der Waals surface area contributed by atoms with E-state index in [0.717, 1.165) is 0 Å². The second-order valence-corrected chi connectivity index (χ2v) is 9.60. The maximum absolute atomic E-state index is 13.2. The molecule has 0 spiro atoms. The lowest BCUT2D eigenvalue weighted by atomic mass is 10.1. The van der Waals surface area contributed by atoms with E-state index in [-0.39, 0.29) is 22.9 Å². The van der Waals surface area contributed by atoms with Gasteiger partial charge in [0.2, 0.25) is 11.6 Å². The number of rotatable bonds is 7. The topological polar surface area (TPSA) is 92.7 Å². The van der Waals surface area contributed by atoms with Crippen LogP contribution >= 0.6 is 43.5 Å². The molecule has 0 unspecified atom stereocenters. The molecule has 1 aliphatic heterocycles. The van der Waals surface area contributed by atoms with Crippen molar-refractivity contribution in [3.8, 4) is 23.0 Å². The maximum atomic E-state index is 13.2. The molecular formula is C26H18Br2ClNO7. The molecule has 0 saturated carbocycles. The van der Waals surface area contributed by atoms with Gasteiger partial charge in [0.05, 0.1) is 42.0 Å². The molecule has 0 amide bonds. The van der Waals surface area contributed by atoms with Gasteiger partial charge in [-0.3, -0.25) is 0 Å². The summed E-state index contributed by atoms with van der Waals surface area (Å²) < 4.78 is 28.1. The fourth-order valence-corrected chi connectivity index (χ4v) is 5.01. The Labute approximate surface area is 234 Å². The van der Waals surface area contributed by atoms with E-state index in [9.17, 15) is 9.59 Å². The molecule has 0 saturated heterocycles. The summed E-state index contributed by atoms with van der Waals surface area (Å²) in [5, 5.41) is 0.389. The number of carbonyl (C=O) groups excluding carboxylic acids is 2. The number of aliphatic imine (C=N–C) groups is 1. The van der Waals surface area contributed by atoms with Crippen LogP contribution in [0.3, 0.4) is 0 Å². The van der Waals surface area contributed by atoms with Crippen LogP contribution in [0.15, 0.2) is 68.2 Å². The number of ether oxygens (including phenoxy) is 5. The average molecular weight is 652 g/mol. The molecule has 8 nitrogen and oxygen atoms in total. The zero-order chi connectivity index (χ0) is 26.7. The molecule has 0 radical (unpaired) electrons. The van der Waals surface area contributed by atoms with Gasteiger partial charge in [-0.05, 0) is 58.4 Å². The van der Waals surface area contributed by atoms with Crippen molar-refractivity contribution in [3.63, 3.8) is 0 Å². The van der Waals surface area contributed by atoms with Crippen molar-refractivity contribution in [2.24, 2.45) is 4.99 Å². The monoisotopic (exact) mass is 649 g/mol. The number of carbonyl (C=O) groups is 2. The van der Waals surface area contributed by atoms with Crippen LogP contribution in [0, 0.1) is 0 Å². The van der Waals surface area contributed by atoms with Crippen LogP contribution in [0.4, 0.5) is 0 Å². The summed E-state index contributed by atoms with van der Waals surface area (Å²) in [6, 6.07) is 13.2. The zero-order valence-corrected chi connectivity index (χ0v) is 23.6. The lowest BCUT2D eigenvalue weighted by Gasteiger charge is -2.15. The van der Waals surface area contributed by atoms with Gasteiger partial charge in [-0.15, -0.1) is 0 Å². The van der Waals surface area contributed by atoms with E-state index in [2.05, 4.69) is 36.9 Å². The number of esters is 2. The lowest BCUT2D eigenvalue weighted by molar-refractivity contribution is -0.129. The van der Waals surface area contributed by atoms with Gasteiger partial charge in [0.1, 0.15) is 0 Å². The standard InChI is InChI=1S/C26H18Br2ClNO7/c1-33-20-10-14(11-21(34-2)23(20)35-3)25(31)36-22-13(8-15(27)12-17(22)28)9-19-26(32)37-24(30-19)16-6-4-5-7-18(16)29/h4-12H,1-3H3/b19-9-. The van der Waals surface area contributed by atoms with Crippen LogP contribution < -0.4 is 18.9 Å².